The molecule has 4 N–H and O–H groups in total. The number of carbonyl (C=O) groups excluding carboxylic acids is 5. The maximum Gasteiger partial charge on any atom is 0.491 e. The Balaban J connectivity index is 1.39. The molecule has 47 heavy (non-hydrogen) atoms. The fraction of sp³-hybridized carbons (Fsp3) is 0.269. The molecule has 3 aliphatic heterocycles. The number of halogens is 3. The van der Waals surface area contributed by atoms with E-state index in [1.54, 1.807) is 0 Å². The zero-order chi connectivity index (χ0) is 34.2. The van der Waals surface area contributed by atoms with Crippen molar-refractivity contribution in [3.63, 3.8) is 0 Å². The molecule has 0 spiro atoms. The van der Waals surface area contributed by atoms with Crippen molar-refractivity contribution in [2.24, 2.45) is 5.16 Å². The highest BCUT2D eigenvalue weighted by atomic mass is 32.2. The number of benzene rings is 1. The Labute approximate surface area is 268 Å². The molecule has 1 aromatic heterocycles. The zero-order valence-corrected chi connectivity index (χ0v) is 25.1. The van der Waals surface area contributed by atoms with Gasteiger partial charge in [0, 0.05) is 41.9 Å². The molecule has 21 heteroatoms. The average molecular weight is 696 g/mol. The standard InChI is InChI=1S/C26H20F3N7O9S2/c27-26(28,29)24(41)45-23(40)18-13(7-12-5-6-34(20(12)38)8-11-1-3-14(4-2-11)36(43)44)9-46-22-17(21(39)35(18)22)32-19(37)16(33-42)15-10-47-25(30)31-15/h1-4,7,10,17,22,42H,5-6,8-9H2,(H2,30,31)(H,32,37)/b12-7+,33-16-/t17-,22-/m1/s1. The van der Waals surface area contributed by atoms with Crippen molar-refractivity contribution in [1.82, 2.24) is 20.1 Å². The third-order valence-electron chi connectivity index (χ3n) is 7.06. The van der Waals surface area contributed by atoms with Crippen LogP contribution in [0.4, 0.5) is 24.0 Å². The molecule has 2 fully saturated rings. The van der Waals surface area contributed by atoms with Crippen molar-refractivity contribution in [1.29, 1.82) is 0 Å². The number of β-lactam (4-membered cyclic amide) rings is 1. The summed E-state index contributed by atoms with van der Waals surface area (Å²) in [5.41, 5.74) is 4.64. The van der Waals surface area contributed by atoms with Gasteiger partial charge >= 0.3 is 18.1 Å². The van der Waals surface area contributed by atoms with Crippen LogP contribution < -0.4 is 11.1 Å². The molecular weight excluding hydrogens is 675 g/mol. The first-order valence-electron chi connectivity index (χ1n) is 13.2. The van der Waals surface area contributed by atoms with Crippen molar-refractivity contribution >= 4 is 69.3 Å². The monoisotopic (exact) mass is 695 g/mol. The molecule has 5 rings (SSSR count). The molecule has 4 heterocycles. The second kappa shape index (κ2) is 12.8. The van der Waals surface area contributed by atoms with Crippen LogP contribution >= 0.6 is 23.1 Å². The van der Waals surface area contributed by atoms with E-state index < -0.39 is 63.6 Å². The van der Waals surface area contributed by atoms with Crippen molar-refractivity contribution in [3.8, 4) is 0 Å². The molecule has 0 unspecified atom stereocenters. The van der Waals surface area contributed by atoms with Crippen LogP contribution in [0.25, 0.3) is 0 Å². The van der Waals surface area contributed by atoms with Crippen LogP contribution in [0.2, 0.25) is 0 Å². The number of hydrogen-bond acceptors (Lipinski definition) is 14. The third kappa shape index (κ3) is 6.65. The number of nitrogens with zero attached hydrogens (tertiary/aromatic N) is 5. The number of carbonyl (C=O) groups is 5. The van der Waals surface area contributed by atoms with Gasteiger partial charge in [-0.05, 0) is 23.6 Å². The zero-order valence-electron chi connectivity index (χ0n) is 23.4. The summed E-state index contributed by atoms with van der Waals surface area (Å²) >= 11 is 1.93. The van der Waals surface area contributed by atoms with Gasteiger partial charge in [0.05, 0.1) is 4.92 Å². The highest BCUT2D eigenvalue weighted by molar-refractivity contribution is 8.00. The van der Waals surface area contributed by atoms with Gasteiger partial charge in [0.2, 0.25) is 5.91 Å². The van der Waals surface area contributed by atoms with Gasteiger partial charge in [0.1, 0.15) is 22.8 Å². The number of rotatable bonds is 8. The molecule has 2 atom stereocenters. The number of likely N-dealkylation sites (tertiary alicyclic amines) is 1. The summed E-state index contributed by atoms with van der Waals surface area (Å²) in [5.74, 6) is -7.30. The number of thioether (sulfide) groups is 1. The molecule has 2 aromatic rings. The summed E-state index contributed by atoms with van der Waals surface area (Å²) in [6, 6.07) is 4.16. The number of alkyl halides is 3. The summed E-state index contributed by atoms with van der Waals surface area (Å²) in [6.45, 7) is 0.283. The van der Waals surface area contributed by atoms with E-state index in [1.165, 1.54) is 40.6 Å². The van der Waals surface area contributed by atoms with Gasteiger partial charge in [-0.2, -0.15) is 13.2 Å². The fourth-order valence-corrected chi connectivity index (χ4v) is 6.71. The van der Waals surface area contributed by atoms with Gasteiger partial charge in [-0.3, -0.25) is 29.4 Å². The van der Waals surface area contributed by atoms with Gasteiger partial charge in [0.25, 0.3) is 17.5 Å². The predicted molar refractivity (Wildman–Crippen MR) is 155 cm³/mol. The van der Waals surface area contributed by atoms with Gasteiger partial charge in [0.15, 0.2) is 10.8 Å². The second-order valence-electron chi connectivity index (χ2n) is 10.00. The molecule has 1 aromatic carbocycles. The lowest BCUT2D eigenvalue weighted by Crippen LogP contribution is -2.71. The predicted octanol–water partition coefficient (Wildman–Crippen LogP) is 1.46. The van der Waals surface area contributed by atoms with E-state index in [-0.39, 0.29) is 52.9 Å². The number of anilines is 1. The first-order valence-corrected chi connectivity index (χ1v) is 15.1. The van der Waals surface area contributed by atoms with E-state index in [0.29, 0.717) is 5.56 Å². The number of allylic oxidation sites excluding steroid dienone is 1. The number of non-ortho nitro benzene ring substituents is 1. The number of oxime groups is 1. The lowest BCUT2D eigenvalue weighted by Gasteiger charge is -2.49. The Morgan fingerprint density at radius 2 is 1.96 bits per heavy atom. The third-order valence-corrected chi connectivity index (χ3v) is 9.03. The smallest absolute Gasteiger partial charge is 0.410 e. The van der Waals surface area contributed by atoms with Crippen LogP contribution in [0, 0.1) is 10.1 Å². The Kier molecular flexibility index (Phi) is 9.02. The highest BCUT2D eigenvalue weighted by Crippen LogP contribution is 2.42. The summed E-state index contributed by atoms with van der Waals surface area (Å²) in [4.78, 5) is 80.0. The van der Waals surface area contributed by atoms with Gasteiger partial charge < -0.3 is 25.9 Å². The molecule has 16 nitrogen and oxygen atoms in total. The summed E-state index contributed by atoms with van der Waals surface area (Å²) in [5, 5.41) is 25.8. The van der Waals surface area contributed by atoms with E-state index in [1.807, 2.05) is 0 Å². The lowest BCUT2D eigenvalue weighted by atomic mass is 10.0. The van der Waals surface area contributed by atoms with E-state index in [9.17, 15) is 52.5 Å². The van der Waals surface area contributed by atoms with Crippen LogP contribution in [0.5, 0.6) is 0 Å². The minimum atomic E-state index is -5.54. The van der Waals surface area contributed by atoms with Crippen molar-refractivity contribution < 1.29 is 52.0 Å². The van der Waals surface area contributed by atoms with Crippen molar-refractivity contribution in [2.75, 3.05) is 18.0 Å². The van der Waals surface area contributed by atoms with Crippen LogP contribution in [0.1, 0.15) is 17.7 Å². The summed E-state index contributed by atoms with van der Waals surface area (Å²) in [6.07, 6.45) is -4.16. The molecular formula is C26H20F3N7O9S2. The van der Waals surface area contributed by atoms with Gasteiger partial charge in [-0.15, -0.1) is 23.1 Å². The van der Waals surface area contributed by atoms with E-state index >= 15 is 0 Å². The second-order valence-corrected chi connectivity index (χ2v) is 12.0. The van der Waals surface area contributed by atoms with Crippen LogP contribution in [0.15, 0.2) is 57.7 Å². The van der Waals surface area contributed by atoms with Gasteiger partial charge in [-0.25, -0.2) is 14.6 Å². The number of nitrogen functional groups attached to an aromatic ring is 1. The number of ether oxygens (including phenoxy) is 1. The number of amides is 3. The number of esters is 2. The number of nitrogens with one attached hydrogen (secondary N) is 1. The van der Waals surface area contributed by atoms with Crippen LogP contribution in [-0.4, -0.2) is 90.2 Å². The van der Waals surface area contributed by atoms with Crippen LogP contribution in [0.3, 0.4) is 0 Å². The van der Waals surface area contributed by atoms with E-state index in [0.717, 1.165) is 28.0 Å². The Bertz CT molecular complexity index is 1790. The van der Waals surface area contributed by atoms with Crippen molar-refractivity contribution in [3.05, 3.63) is 73.9 Å². The molecule has 3 aliphatic rings. The topological polar surface area (TPSA) is 228 Å². The number of nitro groups is 1. The molecule has 0 aliphatic carbocycles. The Morgan fingerprint density at radius 3 is 2.55 bits per heavy atom. The molecule has 0 saturated carbocycles. The lowest BCUT2D eigenvalue weighted by molar-refractivity contribution is -0.384. The Hall–Kier alpha value is -5.31. The number of aromatic nitrogens is 1. The quantitative estimate of drug-likeness (QED) is 0.0521. The van der Waals surface area contributed by atoms with E-state index in [4.69, 9.17) is 5.73 Å². The molecule has 0 radical (unpaired) electrons. The number of thiazole rings is 1. The maximum atomic E-state index is 13.2. The van der Waals surface area contributed by atoms with Crippen molar-refractivity contribution in [2.45, 2.75) is 30.6 Å². The first-order chi connectivity index (χ1) is 22.2. The Morgan fingerprint density at radius 1 is 1.26 bits per heavy atom. The van der Waals surface area contributed by atoms with Gasteiger partial charge in [-0.1, -0.05) is 17.3 Å². The summed E-state index contributed by atoms with van der Waals surface area (Å²) < 4.78 is 42.9. The van der Waals surface area contributed by atoms with Crippen LogP contribution in [-0.2, 0) is 35.3 Å². The number of hydrogen-bond donors (Lipinski definition) is 3. The SMILES string of the molecule is Nc1nc(/C(=N/O)C(=O)N[C@@H]2C(=O)N3C(C(=O)OC(=O)C(F)(F)F)=C(/C=C4\CCN(Cc5ccc([N+](=O)[O-])cc5)C4=O)CS[C@H]23)cs1. The molecule has 0 bridgehead atoms. The first kappa shape index (κ1) is 33.1. The summed E-state index contributed by atoms with van der Waals surface area (Å²) in [7, 11) is 0. The largest absolute Gasteiger partial charge is 0.491 e. The maximum absolute atomic E-state index is 13.2. The minimum Gasteiger partial charge on any atom is -0.410 e. The minimum absolute atomic E-state index is 0.0567. The normalized spacial score (nSPS) is 20.7. The number of nitrogens with two attached hydrogens (primary N) is 1. The average Bonchev–Trinajstić information content (AvgIpc) is 3.60. The van der Waals surface area contributed by atoms with E-state index in [2.05, 4.69) is 20.2 Å². The number of nitro benzene ring substituents is 1. The highest BCUT2D eigenvalue weighted by Gasteiger charge is 2.55. The molecule has 3 amide bonds. The number of fused-ring (bicyclic) bond motifs is 1. The molecule has 2 saturated heterocycles. The fourth-order valence-electron chi connectivity index (χ4n) is 4.86. The molecule has 246 valence electrons.